The molecule has 1 N–H and O–H groups in total. The molecule has 0 atom stereocenters. The molecule has 4 heteroatoms. The summed E-state index contributed by atoms with van der Waals surface area (Å²) < 4.78 is 0. The topological polar surface area (TPSA) is 41.1 Å². The van der Waals surface area contributed by atoms with Gasteiger partial charge in [-0.25, -0.2) is 4.98 Å². The van der Waals surface area contributed by atoms with E-state index in [2.05, 4.69) is 42.9 Å². The second-order valence-corrected chi connectivity index (χ2v) is 6.63. The smallest absolute Gasteiger partial charge is 0.224 e. The van der Waals surface area contributed by atoms with Crippen LogP contribution < -0.4 is 10.2 Å². The SMILES string of the molecule is CCCNc1ncc(C)c(N2CCCC(C)(C)CC2)n1. The number of aryl methyl sites for hydroxylation is 1. The van der Waals surface area contributed by atoms with Crippen LogP contribution in [0.2, 0.25) is 0 Å². The van der Waals surface area contributed by atoms with Crippen molar-refractivity contribution in [2.24, 2.45) is 5.41 Å². The maximum atomic E-state index is 4.73. The number of nitrogens with one attached hydrogen (secondary N) is 1. The molecule has 1 aromatic heterocycles. The normalized spacial score (nSPS) is 18.7. The molecule has 1 saturated heterocycles. The second kappa shape index (κ2) is 6.42. The van der Waals surface area contributed by atoms with Gasteiger partial charge in [-0.05, 0) is 38.0 Å². The van der Waals surface area contributed by atoms with Crippen molar-refractivity contribution < 1.29 is 0 Å². The molecule has 0 radical (unpaired) electrons. The molecule has 1 aliphatic rings. The van der Waals surface area contributed by atoms with Gasteiger partial charge in [-0.15, -0.1) is 0 Å². The van der Waals surface area contributed by atoms with Crippen LogP contribution in [0.15, 0.2) is 6.20 Å². The Morgan fingerprint density at radius 2 is 2.10 bits per heavy atom. The third-order valence-electron chi connectivity index (χ3n) is 4.12. The van der Waals surface area contributed by atoms with Crippen LogP contribution in [0.4, 0.5) is 11.8 Å². The average Bonchev–Trinajstić information content (AvgIpc) is 2.59. The fraction of sp³-hybridized carbons (Fsp3) is 0.750. The van der Waals surface area contributed by atoms with E-state index < -0.39 is 0 Å². The molecule has 0 amide bonds. The molecule has 1 fully saturated rings. The van der Waals surface area contributed by atoms with E-state index in [1.54, 1.807) is 0 Å². The summed E-state index contributed by atoms with van der Waals surface area (Å²) in [7, 11) is 0. The number of hydrogen-bond donors (Lipinski definition) is 1. The Bertz CT molecular complexity index is 442. The molecule has 0 bridgehead atoms. The molecule has 4 nitrogen and oxygen atoms in total. The van der Waals surface area contributed by atoms with Crippen LogP contribution in [0, 0.1) is 12.3 Å². The van der Waals surface area contributed by atoms with Crippen molar-refractivity contribution in [2.75, 3.05) is 29.9 Å². The number of nitrogens with zero attached hydrogens (tertiary/aromatic N) is 3. The highest BCUT2D eigenvalue weighted by Gasteiger charge is 2.24. The molecule has 112 valence electrons. The Labute approximate surface area is 123 Å². The van der Waals surface area contributed by atoms with E-state index in [1.165, 1.54) is 24.8 Å². The lowest BCUT2D eigenvalue weighted by molar-refractivity contribution is 0.325. The molecule has 0 saturated carbocycles. The van der Waals surface area contributed by atoms with Gasteiger partial charge in [0.05, 0.1) is 0 Å². The second-order valence-electron chi connectivity index (χ2n) is 6.63. The lowest BCUT2D eigenvalue weighted by atomic mass is 9.85. The fourth-order valence-corrected chi connectivity index (χ4v) is 2.71. The molecule has 0 aromatic carbocycles. The highest BCUT2D eigenvalue weighted by molar-refractivity contribution is 5.49. The zero-order valence-corrected chi connectivity index (χ0v) is 13.4. The minimum absolute atomic E-state index is 0.457. The van der Waals surface area contributed by atoms with E-state index in [0.29, 0.717) is 5.41 Å². The first-order valence-corrected chi connectivity index (χ1v) is 7.84. The molecular weight excluding hydrogens is 248 g/mol. The van der Waals surface area contributed by atoms with Crippen molar-refractivity contribution in [3.63, 3.8) is 0 Å². The van der Waals surface area contributed by atoms with Gasteiger partial charge in [-0.2, -0.15) is 4.98 Å². The quantitative estimate of drug-likeness (QED) is 0.912. The van der Waals surface area contributed by atoms with E-state index in [1.807, 2.05) is 6.20 Å². The Balaban J connectivity index is 2.14. The molecule has 0 aliphatic carbocycles. The van der Waals surface area contributed by atoms with E-state index in [4.69, 9.17) is 4.98 Å². The van der Waals surface area contributed by atoms with Crippen LogP contribution in [0.5, 0.6) is 0 Å². The standard InChI is InChI=1S/C16H28N4/c1-5-9-17-15-18-12-13(2)14(19-15)20-10-6-7-16(3,4)8-11-20/h12H,5-11H2,1-4H3,(H,17,18,19). The van der Waals surface area contributed by atoms with Gasteiger partial charge in [0.15, 0.2) is 0 Å². The van der Waals surface area contributed by atoms with E-state index in [9.17, 15) is 0 Å². The molecule has 0 unspecified atom stereocenters. The van der Waals surface area contributed by atoms with Crippen molar-refractivity contribution in [1.29, 1.82) is 0 Å². The van der Waals surface area contributed by atoms with Crippen molar-refractivity contribution in [3.05, 3.63) is 11.8 Å². The summed E-state index contributed by atoms with van der Waals surface area (Å²) in [6.45, 7) is 12.1. The first kappa shape index (κ1) is 15.1. The highest BCUT2D eigenvalue weighted by Crippen LogP contribution is 2.32. The maximum Gasteiger partial charge on any atom is 0.224 e. The van der Waals surface area contributed by atoms with E-state index in [0.717, 1.165) is 37.8 Å². The first-order valence-electron chi connectivity index (χ1n) is 7.84. The minimum atomic E-state index is 0.457. The summed E-state index contributed by atoms with van der Waals surface area (Å²) in [5.41, 5.74) is 1.63. The zero-order chi connectivity index (χ0) is 14.6. The number of hydrogen-bond acceptors (Lipinski definition) is 4. The van der Waals surface area contributed by atoms with Gasteiger partial charge in [0.1, 0.15) is 5.82 Å². The summed E-state index contributed by atoms with van der Waals surface area (Å²) in [5.74, 6) is 1.87. The summed E-state index contributed by atoms with van der Waals surface area (Å²) >= 11 is 0. The van der Waals surface area contributed by atoms with Crippen molar-refractivity contribution in [1.82, 2.24) is 9.97 Å². The molecule has 2 rings (SSSR count). The van der Waals surface area contributed by atoms with E-state index >= 15 is 0 Å². The fourth-order valence-electron chi connectivity index (χ4n) is 2.71. The van der Waals surface area contributed by atoms with Gasteiger partial charge in [0.2, 0.25) is 5.95 Å². The summed E-state index contributed by atoms with van der Waals surface area (Å²) in [6, 6.07) is 0. The van der Waals surface area contributed by atoms with Gasteiger partial charge in [0, 0.05) is 31.4 Å². The third-order valence-corrected chi connectivity index (χ3v) is 4.12. The van der Waals surface area contributed by atoms with Crippen molar-refractivity contribution in [2.45, 2.75) is 53.4 Å². The predicted octanol–water partition coefficient (Wildman–Crippen LogP) is 3.62. The Kier molecular flexibility index (Phi) is 4.84. The van der Waals surface area contributed by atoms with Gasteiger partial charge in [-0.3, -0.25) is 0 Å². The van der Waals surface area contributed by atoms with Crippen molar-refractivity contribution in [3.8, 4) is 0 Å². The first-order chi connectivity index (χ1) is 9.52. The van der Waals surface area contributed by atoms with Crippen LogP contribution >= 0.6 is 0 Å². The van der Waals surface area contributed by atoms with E-state index in [-0.39, 0.29) is 0 Å². The van der Waals surface area contributed by atoms with Crippen molar-refractivity contribution >= 4 is 11.8 Å². The Morgan fingerprint density at radius 3 is 2.85 bits per heavy atom. The maximum absolute atomic E-state index is 4.73. The number of anilines is 2. The van der Waals surface area contributed by atoms with Crippen LogP contribution in [0.25, 0.3) is 0 Å². The molecule has 0 spiro atoms. The largest absolute Gasteiger partial charge is 0.356 e. The lowest BCUT2D eigenvalue weighted by Gasteiger charge is -2.25. The Morgan fingerprint density at radius 1 is 1.30 bits per heavy atom. The zero-order valence-electron chi connectivity index (χ0n) is 13.4. The third kappa shape index (κ3) is 3.84. The van der Waals surface area contributed by atoms with Gasteiger partial charge >= 0.3 is 0 Å². The predicted molar refractivity (Wildman–Crippen MR) is 85.4 cm³/mol. The average molecular weight is 276 g/mol. The molecular formula is C16H28N4. The number of aromatic nitrogens is 2. The minimum Gasteiger partial charge on any atom is -0.356 e. The Hall–Kier alpha value is -1.32. The summed E-state index contributed by atoms with van der Waals surface area (Å²) in [5, 5.41) is 3.28. The monoisotopic (exact) mass is 276 g/mol. The van der Waals surface area contributed by atoms with Gasteiger partial charge in [-0.1, -0.05) is 20.8 Å². The molecule has 2 heterocycles. The van der Waals surface area contributed by atoms with Crippen LogP contribution in [0.1, 0.15) is 52.0 Å². The van der Waals surface area contributed by atoms with Crippen LogP contribution in [0.3, 0.4) is 0 Å². The van der Waals surface area contributed by atoms with Crippen LogP contribution in [-0.2, 0) is 0 Å². The van der Waals surface area contributed by atoms with Gasteiger partial charge in [0.25, 0.3) is 0 Å². The van der Waals surface area contributed by atoms with Crippen LogP contribution in [-0.4, -0.2) is 29.6 Å². The van der Waals surface area contributed by atoms with Gasteiger partial charge < -0.3 is 10.2 Å². The molecule has 1 aliphatic heterocycles. The number of rotatable bonds is 4. The molecule has 20 heavy (non-hydrogen) atoms. The lowest BCUT2D eigenvalue weighted by Crippen LogP contribution is -2.27. The summed E-state index contributed by atoms with van der Waals surface area (Å²) in [4.78, 5) is 11.5. The molecule has 1 aromatic rings. The highest BCUT2D eigenvalue weighted by atomic mass is 15.2. The summed E-state index contributed by atoms with van der Waals surface area (Å²) in [6.07, 6.45) is 6.80.